The van der Waals surface area contributed by atoms with Crippen molar-refractivity contribution in [2.75, 3.05) is 7.11 Å². The van der Waals surface area contributed by atoms with Gasteiger partial charge in [-0.25, -0.2) is 4.79 Å². The van der Waals surface area contributed by atoms with Crippen molar-refractivity contribution < 1.29 is 9.53 Å². The molecule has 1 rings (SSSR count). The van der Waals surface area contributed by atoms with Crippen LogP contribution < -0.4 is 5.32 Å². The molecule has 1 aliphatic carbocycles. The molecule has 0 aliphatic heterocycles. The first-order chi connectivity index (χ1) is 5.33. The fourth-order valence-corrected chi connectivity index (χ4v) is 0.875. The number of ether oxygens (including phenoxy) is 1. The lowest BCUT2D eigenvalue weighted by molar-refractivity contribution is 0.174. The molecule has 3 heteroatoms. The summed E-state index contributed by atoms with van der Waals surface area (Å²) in [5, 5.41) is 2.58. The lowest BCUT2D eigenvalue weighted by Crippen LogP contribution is -2.21. The summed E-state index contributed by atoms with van der Waals surface area (Å²) in [5.74, 6) is 0. The van der Waals surface area contributed by atoms with E-state index in [2.05, 4.69) is 10.1 Å². The highest BCUT2D eigenvalue weighted by atomic mass is 16.5. The van der Waals surface area contributed by atoms with Gasteiger partial charge in [-0.2, -0.15) is 0 Å². The number of nitrogens with one attached hydrogen (secondary N) is 1. The van der Waals surface area contributed by atoms with Gasteiger partial charge in [0, 0.05) is 5.70 Å². The molecular formula is C8H11NO2. The van der Waals surface area contributed by atoms with Crippen LogP contribution in [0.15, 0.2) is 23.9 Å². The zero-order valence-electron chi connectivity index (χ0n) is 6.46. The van der Waals surface area contributed by atoms with Crippen molar-refractivity contribution in [1.82, 2.24) is 5.32 Å². The number of rotatable bonds is 1. The Hall–Kier alpha value is -1.25. The second-order valence-electron chi connectivity index (χ2n) is 2.26. The summed E-state index contributed by atoms with van der Waals surface area (Å²) in [6.45, 7) is 0. The largest absolute Gasteiger partial charge is 0.453 e. The Kier molecular flexibility index (Phi) is 2.72. The highest BCUT2D eigenvalue weighted by Gasteiger charge is 2.01. The summed E-state index contributed by atoms with van der Waals surface area (Å²) < 4.78 is 4.43. The third kappa shape index (κ3) is 2.45. The van der Waals surface area contributed by atoms with Crippen LogP contribution in [0, 0.1) is 0 Å². The number of hydrogen-bond donors (Lipinski definition) is 1. The van der Waals surface area contributed by atoms with E-state index in [9.17, 15) is 4.79 Å². The normalized spacial score (nSPS) is 15.5. The minimum Gasteiger partial charge on any atom is -0.453 e. The van der Waals surface area contributed by atoms with Gasteiger partial charge in [-0.15, -0.1) is 0 Å². The molecular weight excluding hydrogens is 142 g/mol. The molecule has 1 amide bonds. The molecule has 0 fully saturated rings. The Morgan fingerprint density at radius 1 is 1.64 bits per heavy atom. The molecule has 0 aromatic heterocycles. The number of carbonyl (C=O) groups is 1. The third-order valence-electron chi connectivity index (χ3n) is 1.43. The summed E-state index contributed by atoms with van der Waals surface area (Å²) in [5.41, 5.74) is 0.822. The Morgan fingerprint density at radius 2 is 2.45 bits per heavy atom. The number of methoxy groups -OCH3 is 1. The third-order valence-corrected chi connectivity index (χ3v) is 1.43. The fourth-order valence-electron chi connectivity index (χ4n) is 0.875. The SMILES string of the molecule is COC(=O)NC1=CCCC=C1. The van der Waals surface area contributed by atoms with Crippen molar-refractivity contribution in [1.29, 1.82) is 0 Å². The van der Waals surface area contributed by atoms with Crippen molar-refractivity contribution in [3.8, 4) is 0 Å². The Labute approximate surface area is 65.7 Å². The lowest BCUT2D eigenvalue weighted by atomic mass is 10.1. The zero-order chi connectivity index (χ0) is 8.10. The van der Waals surface area contributed by atoms with Gasteiger partial charge in [0.25, 0.3) is 0 Å². The van der Waals surface area contributed by atoms with Crippen LogP contribution in [-0.4, -0.2) is 13.2 Å². The summed E-state index contributed by atoms with van der Waals surface area (Å²) in [6, 6.07) is 0. The highest BCUT2D eigenvalue weighted by molar-refractivity contribution is 5.70. The molecule has 0 atom stereocenters. The maximum Gasteiger partial charge on any atom is 0.411 e. The fraction of sp³-hybridized carbons (Fsp3) is 0.375. The minimum absolute atomic E-state index is 0.414. The van der Waals surface area contributed by atoms with Gasteiger partial charge in [-0.05, 0) is 18.9 Å². The molecule has 1 aliphatic rings. The topological polar surface area (TPSA) is 38.3 Å². The van der Waals surface area contributed by atoms with Crippen LogP contribution in [0.3, 0.4) is 0 Å². The second-order valence-corrected chi connectivity index (χ2v) is 2.26. The molecule has 11 heavy (non-hydrogen) atoms. The molecule has 0 radical (unpaired) electrons. The standard InChI is InChI=1S/C8H11NO2/c1-11-8(10)9-7-5-3-2-4-6-7/h3,5-6H,2,4H2,1H3,(H,9,10). The van der Waals surface area contributed by atoms with Gasteiger partial charge in [0.1, 0.15) is 0 Å². The van der Waals surface area contributed by atoms with Gasteiger partial charge in [-0.1, -0.05) is 12.2 Å². The number of carbonyl (C=O) groups excluding carboxylic acids is 1. The molecule has 0 bridgehead atoms. The second kappa shape index (κ2) is 3.81. The van der Waals surface area contributed by atoms with Gasteiger partial charge >= 0.3 is 6.09 Å². The van der Waals surface area contributed by atoms with Gasteiger partial charge in [0.05, 0.1) is 7.11 Å². The van der Waals surface area contributed by atoms with E-state index in [0.29, 0.717) is 0 Å². The van der Waals surface area contributed by atoms with E-state index < -0.39 is 6.09 Å². The number of alkyl carbamates (subject to hydrolysis) is 1. The molecule has 0 aromatic rings. The maximum absolute atomic E-state index is 10.7. The Balaban J connectivity index is 2.42. The molecule has 0 unspecified atom stereocenters. The molecule has 60 valence electrons. The van der Waals surface area contributed by atoms with E-state index >= 15 is 0 Å². The monoisotopic (exact) mass is 153 g/mol. The summed E-state index contributed by atoms with van der Waals surface area (Å²) in [4.78, 5) is 10.7. The van der Waals surface area contributed by atoms with Gasteiger partial charge in [-0.3, -0.25) is 5.32 Å². The van der Waals surface area contributed by atoms with Crippen LogP contribution in [0.4, 0.5) is 4.79 Å². The molecule has 1 N–H and O–H groups in total. The van der Waals surface area contributed by atoms with Gasteiger partial charge in [0.2, 0.25) is 0 Å². The summed E-state index contributed by atoms with van der Waals surface area (Å²) in [6.07, 6.45) is 7.48. The van der Waals surface area contributed by atoms with Crippen LogP contribution in [-0.2, 0) is 4.74 Å². The van der Waals surface area contributed by atoms with Crippen molar-refractivity contribution in [3.05, 3.63) is 23.9 Å². The van der Waals surface area contributed by atoms with Crippen LogP contribution in [0.25, 0.3) is 0 Å². The average molecular weight is 153 g/mol. The number of amides is 1. The van der Waals surface area contributed by atoms with E-state index in [4.69, 9.17) is 0 Å². The maximum atomic E-state index is 10.7. The van der Waals surface area contributed by atoms with Gasteiger partial charge < -0.3 is 4.74 Å². The molecule has 0 heterocycles. The van der Waals surface area contributed by atoms with Crippen molar-refractivity contribution in [2.24, 2.45) is 0 Å². The van der Waals surface area contributed by atoms with Crippen molar-refractivity contribution in [2.45, 2.75) is 12.8 Å². The van der Waals surface area contributed by atoms with Crippen LogP contribution >= 0.6 is 0 Å². The van der Waals surface area contributed by atoms with E-state index in [1.165, 1.54) is 7.11 Å². The first-order valence-corrected chi connectivity index (χ1v) is 3.54. The first kappa shape index (κ1) is 7.85. The first-order valence-electron chi connectivity index (χ1n) is 3.54. The molecule has 3 nitrogen and oxygen atoms in total. The van der Waals surface area contributed by atoms with E-state index in [0.717, 1.165) is 18.5 Å². The van der Waals surface area contributed by atoms with Gasteiger partial charge in [0.15, 0.2) is 0 Å². The van der Waals surface area contributed by atoms with Crippen molar-refractivity contribution >= 4 is 6.09 Å². The molecule has 0 aromatic carbocycles. The Bertz CT molecular complexity index is 206. The van der Waals surface area contributed by atoms with Crippen LogP contribution in [0.2, 0.25) is 0 Å². The summed E-state index contributed by atoms with van der Waals surface area (Å²) >= 11 is 0. The number of allylic oxidation sites excluding steroid dienone is 3. The van der Waals surface area contributed by atoms with Crippen molar-refractivity contribution in [3.63, 3.8) is 0 Å². The van der Waals surface area contributed by atoms with E-state index in [1.807, 2.05) is 18.2 Å². The molecule has 0 saturated heterocycles. The molecule has 0 saturated carbocycles. The quantitative estimate of drug-likeness (QED) is 0.621. The van der Waals surface area contributed by atoms with Crippen LogP contribution in [0.1, 0.15) is 12.8 Å². The predicted molar refractivity (Wildman–Crippen MR) is 42.0 cm³/mol. The smallest absolute Gasteiger partial charge is 0.411 e. The number of hydrogen-bond acceptors (Lipinski definition) is 2. The summed E-state index contributed by atoms with van der Waals surface area (Å²) in [7, 11) is 1.35. The lowest BCUT2D eigenvalue weighted by Gasteiger charge is -2.06. The predicted octanol–water partition coefficient (Wildman–Crippen LogP) is 1.58. The highest BCUT2D eigenvalue weighted by Crippen LogP contribution is 2.06. The average Bonchev–Trinajstić information content (AvgIpc) is 2.06. The Morgan fingerprint density at radius 3 is 3.00 bits per heavy atom. The van der Waals surface area contributed by atoms with Crippen LogP contribution in [0.5, 0.6) is 0 Å². The molecule has 0 spiro atoms. The van der Waals surface area contributed by atoms with E-state index in [-0.39, 0.29) is 0 Å². The minimum atomic E-state index is -0.414. The zero-order valence-corrected chi connectivity index (χ0v) is 6.46. The van der Waals surface area contributed by atoms with E-state index in [1.54, 1.807) is 0 Å².